The maximum Gasteiger partial charge on any atom is 0.215 e. The van der Waals surface area contributed by atoms with Crippen LogP contribution in [0.15, 0.2) is 24.3 Å². The number of halogens is 1. The van der Waals surface area contributed by atoms with Crippen molar-refractivity contribution in [1.29, 1.82) is 0 Å². The number of likely N-dealkylation sites (tertiary alicyclic amines) is 1. The van der Waals surface area contributed by atoms with Crippen LogP contribution in [0.1, 0.15) is 37.7 Å². The summed E-state index contributed by atoms with van der Waals surface area (Å²) in [6.45, 7) is 3.75. The van der Waals surface area contributed by atoms with Crippen LogP contribution >= 0.6 is 11.6 Å². The Morgan fingerprint density at radius 1 is 1.09 bits per heavy atom. The van der Waals surface area contributed by atoms with E-state index in [1.165, 1.54) is 25.7 Å². The fraction of sp³-hybridized carbons (Fsp3) is 0.625. The van der Waals surface area contributed by atoms with Crippen molar-refractivity contribution in [3.8, 4) is 0 Å². The minimum atomic E-state index is -3.32. The van der Waals surface area contributed by atoms with Crippen molar-refractivity contribution in [1.82, 2.24) is 9.62 Å². The van der Waals surface area contributed by atoms with E-state index in [0.29, 0.717) is 17.1 Å². The van der Waals surface area contributed by atoms with Crippen molar-refractivity contribution in [3.05, 3.63) is 34.9 Å². The van der Waals surface area contributed by atoms with Gasteiger partial charge in [-0.2, -0.15) is 0 Å². The summed E-state index contributed by atoms with van der Waals surface area (Å²) in [7, 11) is -3.32. The Morgan fingerprint density at radius 3 is 2.45 bits per heavy atom. The van der Waals surface area contributed by atoms with Crippen LogP contribution in [-0.2, 0) is 15.8 Å². The normalized spacial score (nSPS) is 17.3. The van der Waals surface area contributed by atoms with Gasteiger partial charge in [-0.15, -0.1) is 0 Å². The van der Waals surface area contributed by atoms with Crippen LogP contribution in [0.5, 0.6) is 0 Å². The molecule has 0 aliphatic carbocycles. The molecule has 1 aliphatic heterocycles. The first kappa shape index (κ1) is 17.7. The molecule has 0 spiro atoms. The molecule has 1 fully saturated rings. The number of rotatable bonds is 7. The van der Waals surface area contributed by atoms with E-state index in [-0.39, 0.29) is 5.75 Å². The Morgan fingerprint density at radius 2 is 1.77 bits per heavy atom. The first-order valence-corrected chi connectivity index (χ1v) is 10.0. The third kappa shape index (κ3) is 6.24. The predicted molar refractivity (Wildman–Crippen MR) is 91.6 cm³/mol. The van der Waals surface area contributed by atoms with Gasteiger partial charge in [0.05, 0.1) is 5.75 Å². The van der Waals surface area contributed by atoms with Crippen molar-refractivity contribution in [2.24, 2.45) is 0 Å². The van der Waals surface area contributed by atoms with E-state index >= 15 is 0 Å². The molecule has 6 heteroatoms. The Hall–Kier alpha value is -0.620. The minimum absolute atomic E-state index is 0.0591. The minimum Gasteiger partial charge on any atom is -0.303 e. The lowest BCUT2D eigenvalue weighted by Crippen LogP contribution is -2.31. The van der Waals surface area contributed by atoms with E-state index in [9.17, 15) is 8.42 Å². The van der Waals surface area contributed by atoms with Gasteiger partial charge in [-0.05, 0) is 50.5 Å². The van der Waals surface area contributed by atoms with Crippen molar-refractivity contribution in [2.45, 2.75) is 37.9 Å². The van der Waals surface area contributed by atoms with Crippen LogP contribution in [0.3, 0.4) is 0 Å². The summed E-state index contributed by atoms with van der Waals surface area (Å²) in [5.41, 5.74) is 0.643. The molecule has 0 radical (unpaired) electrons. The third-order valence-corrected chi connectivity index (χ3v) is 5.68. The van der Waals surface area contributed by atoms with Crippen molar-refractivity contribution >= 4 is 21.6 Å². The number of hydrogen-bond donors (Lipinski definition) is 1. The van der Waals surface area contributed by atoms with Gasteiger partial charge in [0.2, 0.25) is 10.0 Å². The molecule has 4 nitrogen and oxygen atoms in total. The number of sulfonamides is 1. The maximum absolute atomic E-state index is 12.1. The van der Waals surface area contributed by atoms with Crippen LogP contribution < -0.4 is 4.72 Å². The molecule has 1 N–H and O–H groups in total. The van der Waals surface area contributed by atoms with Crippen molar-refractivity contribution in [3.63, 3.8) is 0 Å². The second kappa shape index (κ2) is 8.87. The van der Waals surface area contributed by atoms with Gasteiger partial charge in [0, 0.05) is 11.6 Å². The van der Waals surface area contributed by atoms with E-state index in [0.717, 1.165) is 26.1 Å². The van der Waals surface area contributed by atoms with Crippen LogP contribution in [0, 0.1) is 0 Å². The highest BCUT2D eigenvalue weighted by Crippen LogP contribution is 2.17. The largest absolute Gasteiger partial charge is 0.303 e. The fourth-order valence-corrected chi connectivity index (χ4v) is 4.26. The first-order chi connectivity index (χ1) is 10.6. The van der Waals surface area contributed by atoms with E-state index < -0.39 is 10.0 Å². The molecular weight excluding hydrogens is 320 g/mol. The SMILES string of the molecule is O=S(=O)(Cc1ccccc1Cl)NCCCN1CCCCCC1. The van der Waals surface area contributed by atoms with E-state index in [2.05, 4.69) is 9.62 Å². The smallest absolute Gasteiger partial charge is 0.215 e. The molecule has 1 saturated heterocycles. The second-order valence-corrected chi connectivity index (χ2v) is 8.07. The Bertz CT molecular complexity index is 555. The number of nitrogens with one attached hydrogen (secondary N) is 1. The van der Waals surface area contributed by atoms with Crippen molar-refractivity contribution in [2.75, 3.05) is 26.2 Å². The average molecular weight is 345 g/mol. The standard InChI is InChI=1S/C16H25ClN2O2S/c17-16-9-4-3-8-15(16)14-22(20,21)18-10-7-13-19-11-5-1-2-6-12-19/h3-4,8-9,18H,1-2,5-7,10-14H2. The summed E-state index contributed by atoms with van der Waals surface area (Å²) in [4.78, 5) is 2.44. The molecule has 1 aromatic rings. The average Bonchev–Trinajstić information content (AvgIpc) is 2.75. The molecule has 1 aliphatic rings. The summed E-state index contributed by atoms with van der Waals surface area (Å²) in [6.07, 6.45) is 6.01. The highest BCUT2D eigenvalue weighted by atomic mass is 35.5. The van der Waals surface area contributed by atoms with Crippen LogP contribution in [0.25, 0.3) is 0 Å². The molecule has 1 heterocycles. The molecule has 22 heavy (non-hydrogen) atoms. The van der Waals surface area contributed by atoms with Crippen LogP contribution in [0.2, 0.25) is 5.02 Å². The Balaban J connectivity index is 1.72. The fourth-order valence-electron chi connectivity index (χ4n) is 2.76. The maximum atomic E-state index is 12.1. The van der Waals surface area contributed by atoms with Crippen LogP contribution in [0.4, 0.5) is 0 Å². The zero-order valence-electron chi connectivity index (χ0n) is 12.9. The monoisotopic (exact) mass is 344 g/mol. The molecule has 0 saturated carbocycles. The highest BCUT2D eigenvalue weighted by molar-refractivity contribution is 7.88. The third-order valence-electron chi connectivity index (χ3n) is 3.98. The molecular formula is C16H25ClN2O2S. The van der Waals surface area contributed by atoms with Gasteiger partial charge in [0.1, 0.15) is 0 Å². The molecule has 0 atom stereocenters. The summed E-state index contributed by atoms with van der Waals surface area (Å²) in [5.74, 6) is -0.0591. The lowest BCUT2D eigenvalue weighted by atomic mass is 10.2. The first-order valence-electron chi connectivity index (χ1n) is 8.00. The molecule has 2 rings (SSSR count). The molecule has 124 valence electrons. The van der Waals surface area contributed by atoms with Gasteiger partial charge in [0.15, 0.2) is 0 Å². The number of benzene rings is 1. The highest BCUT2D eigenvalue weighted by Gasteiger charge is 2.13. The van der Waals surface area contributed by atoms with E-state index in [1.807, 2.05) is 0 Å². The van der Waals surface area contributed by atoms with Gasteiger partial charge in [0.25, 0.3) is 0 Å². The summed E-state index contributed by atoms with van der Waals surface area (Å²) < 4.78 is 26.8. The van der Waals surface area contributed by atoms with Gasteiger partial charge < -0.3 is 4.90 Å². The molecule has 0 bridgehead atoms. The lowest BCUT2D eigenvalue weighted by Gasteiger charge is -2.19. The Kier molecular flexibility index (Phi) is 7.15. The number of nitrogens with zero attached hydrogens (tertiary/aromatic N) is 1. The second-order valence-electron chi connectivity index (χ2n) is 5.85. The van der Waals surface area contributed by atoms with E-state index in [4.69, 9.17) is 11.6 Å². The van der Waals surface area contributed by atoms with Gasteiger partial charge >= 0.3 is 0 Å². The van der Waals surface area contributed by atoms with Gasteiger partial charge in [-0.3, -0.25) is 0 Å². The van der Waals surface area contributed by atoms with E-state index in [1.54, 1.807) is 24.3 Å². The summed E-state index contributed by atoms with van der Waals surface area (Å²) >= 11 is 6.01. The quantitative estimate of drug-likeness (QED) is 0.773. The van der Waals surface area contributed by atoms with Gasteiger partial charge in [-0.1, -0.05) is 42.6 Å². The van der Waals surface area contributed by atoms with Gasteiger partial charge in [-0.25, -0.2) is 13.1 Å². The predicted octanol–water partition coefficient (Wildman–Crippen LogP) is 3.03. The number of hydrogen-bond acceptors (Lipinski definition) is 3. The summed E-state index contributed by atoms with van der Waals surface area (Å²) in [6, 6.07) is 7.06. The molecule has 0 unspecified atom stereocenters. The molecule has 0 aromatic heterocycles. The Labute approximate surface area is 138 Å². The molecule has 0 amide bonds. The zero-order chi connectivity index (χ0) is 15.8. The van der Waals surface area contributed by atoms with Crippen LogP contribution in [-0.4, -0.2) is 39.5 Å². The summed E-state index contributed by atoms with van der Waals surface area (Å²) in [5, 5.41) is 0.498. The topological polar surface area (TPSA) is 49.4 Å². The zero-order valence-corrected chi connectivity index (χ0v) is 14.5. The molecule has 1 aromatic carbocycles. The van der Waals surface area contributed by atoms with Crippen molar-refractivity contribution < 1.29 is 8.42 Å². The lowest BCUT2D eigenvalue weighted by molar-refractivity contribution is 0.282.